The van der Waals surface area contributed by atoms with Crippen molar-refractivity contribution in [2.75, 3.05) is 13.7 Å². The lowest BCUT2D eigenvalue weighted by Crippen LogP contribution is -2.41. The molecule has 0 aliphatic rings. The van der Waals surface area contributed by atoms with Gasteiger partial charge in [0.25, 0.3) is 0 Å². The third-order valence-corrected chi connectivity index (χ3v) is 4.91. The number of carbonyl (C=O) groups is 1. The number of halogens is 1. The number of aliphatic carboxylic acids is 1. The van der Waals surface area contributed by atoms with Crippen molar-refractivity contribution < 1.29 is 14.6 Å². The summed E-state index contributed by atoms with van der Waals surface area (Å²) in [6.07, 6.45) is 1.23. The van der Waals surface area contributed by atoms with Crippen LogP contribution in [0, 0.1) is 5.41 Å². The maximum atomic E-state index is 11.5. The third-order valence-electron chi connectivity index (χ3n) is 4.23. The zero-order valence-corrected chi connectivity index (χ0v) is 14.7. The Morgan fingerprint density at radius 3 is 2.48 bits per heavy atom. The van der Waals surface area contributed by atoms with Crippen molar-refractivity contribution in [2.45, 2.75) is 39.7 Å². The van der Waals surface area contributed by atoms with E-state index in [1.54, 1.807) is 7.11 Å². The van der Waals surface area contributed by atoms with Crippen molar-refractivity contribution in [1.29, 1.82) is 0 Å². The lowest BCUT2D eigenvalue weighted by Gasteiger charge is -2.29. The fourth-order valence-electron chi connectivity index (χ4n) is 2.32. The van der Waals surface area contributed by atoms with Gasteiger partial charge in [-0.15, -0.1) is 0 Å². The van der Waals surface area contributed by atoms with Crippen molar-refractivity contribution in [3.63, 3.8) is 0 Å². The highest BCUT2D eigenvalue weighted by Crippen LogP contribution is 2.30. The molecule has 0 saturated carbocycles. The molecule has 0 spiro atoms. The molecule has 4 nitrogen and oxygen atoms in total. The number of carboxylic acid groups (broad SMARTS) is 1. The predicted molar refractivity (Wildman–Crippen MR) is 87.8 cm³/mol. The van der Waals surface area contributed by atoms with Crippen LogP contribution in [0.15, 0.2) is 22.7 Å². The van der Waals surface area contributed by atoms with Crippen LogP contribution in [0.25, 0.3) is 0 Å². The number of methoxy groups -OCH3 is 1. The van der Waals surface area contributed by atoms with Gasteiger partial charge in [0.2, 0.25) is 0 Å². The second kappa shape index (κ2) is 7.80. The highest BCUT2D eigenvalue weighted by atomic mass is 79.9. The third kappa shape index (κ3) is 4.20. The van der Waals surface area contributed by atoms with E-state index < -0.39 is 11.4 Å². The van der Waals surface area contributed by atoms with E-state index in [9.17, 15) is 9.90 Å². The molecule has 5 heteroatoms. The number of carboxylic acids is 1. The van der Waals surface area contributed by atoms with Gasteiger partial charge >= 0.3 is 5.97 Å². The number of hydrogen-bond acceptors (Lipinski definition) is 3. The summed E-state index contributed by atoms with van der Waals surface area (Å²) in [5, 5.41) is 12.8. The van der Waals surface area contributed by atoms with Crippen LogP contribution in [0.2, 0.25) is 0 Å². The molecule has 1 unspecified atom stereocenters. The smallest absolute Gasteiger partial charge is 0.310 e. The zero-order chi connectivity index (χ0) is 16.0. The highest BCUT2D eigenvalue weighted by molar-refractivity contribution is 9.10. The zero-order valence-electron chi connectivity index (χ0n) is 13.1. The number of hydrogen-bond donors (Lipinski definition) is 2. The lowest BCUT2D eigenvalue weighted by molar-refractivity contribution is -0.149. The maximum absolute atomic E-state index is 11.5. The molecule has 0 bridgehead atoms. The molecule has 1 aromatic carbocycles. The molecule has 1 aromatic rings. The number of rotatable bonds is 8. The normalized spacial score (nSPS) is 13.0. The van der Waals surface area contributed by atoms with Crippen molar-refractivity contribution in [3.8, 4) is 5.75 Å². The summed E-state index contributed by atoms with van der Waals surface area (Å²) in [5.74, 6) is 0.0563. The molecule has 118 valence electrons. The Hall–Kier alpha value is -1.07. The van der Waals surface area contributed by atoms with E-state index in [2.05, 4.69) is 21.2 Å². The molecule has 0 fully saturated rings. The summed E-state index contributed by atoms with van der Waals surface area (Å²) in [5.41, 5.74) is 0.384. The van der Waals surface area contributed by atoms with Gasteiger partial charge in [0.1, 0.15) is 5.75 Å². The van der Waals surface area contributed by atoms with E-state index in [4.69, 9.17) is 4.74 Å². The van der Waals surface area contributed by atoms with E-state index in [1.165, 1.54) is 0 Å². The minimum absolute atomic E-state index is 0.0575. The summed E-state index contributed by atoms with van der Waals surface area (Å²) >= 11 is 3.54. The average molecular weight is 358 g/mol. The summed E-state index contributed by atoms with van der Waals surface area (Å²) in [7, 11) is 1.63. The lowest BCUT2D eigenvalue weighted by atomic mass is 9.82. The van der Waals surface area contributed by atoms with E-state index in [-0.39, 0.29) is 6.04 Å². The fourth-order valence-corrected chi connectivity index (χ4v) is 3.02. The van der Waals surface area contributed by atoms with E-state index in [1.807, 2.05) is 39.0 Å². The van der Waals surface area contributed by atoms with Crippen LogP contribution in [0.1, 0.15) is 45.2 Å². The average Bonchev–Trinajstić information content (AvgIpc) is 2.48. The summed E-state index contributed by atoms with van der Waals surface area (Å²) in [6.45, 7) is 6.33. The SMILES string of the molecule is CCC(CC)(CNC(C)c1ccc(OC)cc1Br)C(=O)O. The molecule has 1 rings (SSSR count). The Balaban J connectivity index is 2.81. The van der Waals surface area contributed by atoms with Gasteiger partial charge in [-0.25, -0.2) is 0 Å². The topological polar surface area (TPSA) is 58.6 Å². The van der Waals surface area contributed by atoms with Crippen LogP contribution in [-0.4, -0.2) is 24.7 Å². The molecule has 21 heavy (non-hydrogen) atoms. The van der Waals surface area contributed by atoms with Gasteiger partial charge in [-0.1, -0.05) is 35.8 Å². The second-order valence-electron chi connectivity index (χ2n) is 5.28. The van der Waals surface area contributed by atoms with Gasteiger partial charge in [0.05, 0.1) is 12.5 Å². The van der Waals surface area contributed by atoms with Crippen molar-refractivity contribution in [1.82, 2.24) is 5.32 Å². The predicted octanol–water partition coefficient (Wildman–Crippen LogP) is 4.00. The molecular formula is C16H24BrNO3. The first-order valence-electron chi connectivity index (χ1n) is 7.20. The summed E-state index contributed by atoms with van der Waals surface area (Å²) < 4.78 is 6.14. The Bertz CT molecular complexity index is 486. The fraction of sp³-hybridized carbons (Fsp3) is 0.562. The molecule has 0 aromatic heterocycles. The first-order chi connectivity index (χ1) is 9.90. The second-order valence-corrected chi connectivity index (χ2v) is 6.14. The van der Waals surface area contributed by atoms with Crippen LogP contribution in [0.3, 0.4) is 0 Å². The van der Waals surface area contributed by atoms with Crippen LogP contribution < -0.4 is 10.1 Å². The molecule has 2 N–H and O–H groups in total. The quantitative estimate of drug-likeness (QED) is 0.738. The minimum Gasteiger partial charge on any atom is -0.497 e. The molecule has 0 saturated heterocycles. The first-order valence-corrected chi connectivity index (χ1v) is 7.99. The number of nitrogens with one attached hydrogen (secondary N) is 1. The number of benzene rings is 1. The monoisotopic (exact) mass is 357 g/mol. The minimum atomic E-state index is -0.735. The van der Waals surface area contributed by atoms with Gasteiger partial charge in [0.15, 0.2) is 0 Å². The highest BCUT2D eigenvalue weighted by Gasteiger charge is 2.34. The van der Waals surface area contributed by atoms with Crippen molar-refractivity contribution in [3.05, 3.63) is 28.2 Å². The van der Waals surface area contributed by atoms with Gasteiger partial charge in [0, 0.05) is 17.1 Å². The summed E-state index contributed by atoms with van der Waals surface area (Å²) in [6, 6.07) is 5.86. The largest absolute Gasteiger partial charge is 0.497 e. The Morgan fingerprint density at radius 1 is 1.43 bits per heavy atom. The van der Waals surface area contributed by atoms with Gasteiger partial charge < -0.3 is 15.2 Å². The molecular weight excluding hydrogens is 334 g/mol. The van der Waals surface area contributed by atoms with E-state index >= 15 is 0 Å². The van der Waals surface area contributed by atoms with Gasteiger partial charge in [-0.05, 0) is 37.5 Å². The molecule has 1 atom stereocenters. The number of ether oxygens (including phenoxy) is 1. The van der Waals surface area contributed by atoms with E-state index in [0.29, 0.717) is 19.4 Å². The molecule has 0 amide bonds. The first kappa shape index (κ1) is 18.0. The summed E-state index contributed by atoms with van der Waals surface area (Å²) in [4.78, 5) is 11.5. The van der Waals surface area contributed by atoms with E-state index in [0.717, 1.165) is 15.8 Å². The van der Waals surface area contributed by atoms with Crippen molar-refractivity contribution >= 4 is 21.9 Å². The molecule has 0 radical (unpaired) electrons. The maximum Gasteiger partial charge on any atom is 0.310 e. The Morgan fingerprint density at radius 2 is 2.05 bits per heavy atom. The van der Waals surface area contributed by atoms with Gasteiger partial charge in [-0.3, -0.25) is 4.79 Å². The van der Waals surface area contributed by atoms with Crippen LogP contribution in [0.4, 0.5) is 0 Å². The molecule has 0 heterocycles. The van der Waals surface area contributed by atoms with Crippen LogP contribution in [0.5, 0.6) is 5.75 Å². The molecule has 0 aliphatic carbocycles. The Kier molecular flexibility index (Phi) is 6.68. The van der Waals surface area contributed by atoms with Crippen LogP contribution in [-0.2, 0) is 4.79 Å². The molecule has 0 aliphatic heterocycles. The van der Waals surface area contributed by atoms with Crippen molar-refractivity contribution in [2.24, 2.45) is 5.41 Å². The Labute approximate surface area is 135 Å². The van der Waals surface area contributed by atoms with Gasteiger partial charge in [-0.2, -0.15) is 0 Å². The standard InChI is InChI=1S/C16H24BrNO3/c1-5-16(6-2,15(19)20)10-18-11(3)13-8-7-12(21-4)9-14(13)17/h7-9,11,18H,5-6,10H2,1-4H3,(H,19,20). The van der Waals surface area contributed by atoms with Crippen LogP contribution >= 0.6 is 15.9 Å².